The average Bonchev–Trinajstić information content (AvgIpc) is 2.58. The molecule has 0 spiro atoms. The minimum absolute atomic E-state index is 0.0798. The third-order valence-electron chi connectivity index (χ3n) is 4.08. The lowest BCUT2D eigenvalue weighted by atomic mass is 9.92. The molecule has 0 saturated heterocycles. The van der Waals surface area contributed by atoms with E-state index in [1.807, 2.05) is 25.1 Å². The molecule has 0 aliphatic heterocycles. The van der Waals surface area contributed by atoms with Gasteiger partial charge in [-0.2, -0.15) is 0 Å². The predicted molar refractivity (Wildman–Crippen MR) is 91.3 cm³/mol. The number of oxime groups is 1. The SMILES string of the molecule is C=NONC(C)C(C)c1ccc2ccc(CC(=O)OC)cc2c1. The highest BCUT2D eigenvalue weighted by atomic mass is 16.8. The first-order valence-electron chi connectivity index (χ1n) is 7.52. The molecule has 2 atom stereocenters. The second-order valence-electron chi connectivity index (χ2n) is 5.61. The largest absolute Gasteiger partial charge is 0.469 e. The van der Waals surface area contributed by atoms with Crippen molar-refractivity contribution in [2.24, 2.45) is 5.16 Å². The number of carbonyl (C=O) groups excluding carboxylic acids is 1. The van der Waals surface area contributed by atoms with Crippen molar-refractivity contribution in [3.05, 3.63) is 47.5 Å². The molecule has 5 heteroatoms. The van der Waals surface area contributed by atoms with Crippen LogP contribution in [-0.2, 0) is 20.9 Å². The molecule has 0 aliphatic rings. The highest BCUT2D eigenvalue weighted by molar-refractivity contribution is 5.85. The zero-order chi connectivity index (χ0) is 16.8. The number of hydrogen-bond donors (Lipinski definition) is 1. The first-order chi connectivity index (χ1) is 11.0. The molecule has 2 rings (SSSR count). The van der Waals surface area contributed by atoms with Crippen molar-refractivity contribution in [3.8, 4) is 0 Å². The molecule has 2 unspecified atom stereocenters. The summed E-state index contributed by atoms with van der Waals surface area (Å²) in [4.78, 5) is 16.2. The maximum absolute atomic E-state index is 11.4. The van der Waals surface area contributed by atoms with E-state index in [-0.39, 0.29) is 24.3 Å². The van der Waals surface area contributed by atoms with E-state index in [4.69, 9.17) is 9.68 Å². The molecule has 0 bridgehead atoms. The quantitative estimate of drug-likeness (QED) is 0.484. The fourth-order valence-corrected chi connectivity index (χ4v) is 2.46. The normalized spacial score (nSPS) is 13.3. The fraction of sp³-hybridized carbons (Fsp3) is 0.333. The molecule has 0 fully saturated rings. The van der Waals surface area contributed by atoms with E-state index >= 15 is 0 Å². The Balaban J connectivity index is 2.25. The summed E-state index contributed by atoms with van der Waals surface area (Å²) in [5.74, 6) is -0.00816. The first kappa shape index (κ1) is 17.0. The van der Waals surface area contributed by atoms with Crippen LogP contribution in [0.15, 0.2) is 41.6 Å². The van der Waals surface area contributed by atoms with Gasteiger partial charge in [-0.15, -0.1) is 5.48 Å². The number of fused-ring (bicyclic) bond motifs is 1. The maximum atomic E-state index is 11.4. The van der Waals surface area contributed by atoms with E-state index in [2.05, 4.69) is 42.5 Å². The zero-order valence-corrected chi connectivity index (χ0v) is 13.7. The van der Waals surface area contributed by atoms with Crippen LogP contribution in [-0.4, -0.2) is 25.8 Å². The molecule has 0 amide bonds. The van der Waals surface area contributed by atoms with Gasteiger partial charge in [0.15, 0.2) is 0 Å². The minimum Gasteiger partial charge on any atom is -0.469 e. The molecule has 1 N–H and O–H groups in total. The Labute approximate surface area is 136 Å². The number of nitrogens with zero attached hydrogens (tertiary/aromatic N) is 1. The number of nitrogens with one attached hydrogen (secondary N) is 1. The van der Waals surface area contributed by atoms with Gasteiger partial charge in [0, 0.05) is 12.8 Å². The van der Waals surface area contributed by atoms with Crippen LogP contribution < -0.4 is 5.48 Å². The Morgan fingerprint density at radius 1 is 1.22 bits per heavy atom. The lowest BCUT2D eigenvalue weighted by Gasteiger charge is -2.20. The van der Waals surface area contributed by atoms with Crippen molar-refractivity contribution < 1.29 is 14.5 Å². The van der Waals surface area contributed by atoms with Gasteiger partial charge in [-0.3, -0.25) is 4.79 Å². The van der Waals surface area contributed by atoms with Crippen molar-refractivity contribution in [2.75, 3.05) is 7.11 Å². The van der Waals surface area contributed by atoms with Crippen molar-refractivity contribution in [1.82, 2.24) is 5.48 Å². The zero-order valence-electron chi connectivity index (χ0n) is 13.7. The van der Waals surface area contributed by atoms with Crippen LogP contribution in [0.25, 0.3) is 10.8 Å². The standard InChI is InChI=1S/C18H22N2O3/c1-12(13(2)20-23-19-3)16-8-7-15-6-5-14(9-17(15)11-16)10-18(21)22-4/h5-9,11-13,20H,3,10H2,1-2,4H3. The second-order valence-corrected chi connectivity index (χ2v) is 5.61. The van der Waals surface area contributed by atoms with E-state index in [1.165, 1.54) is 12.7 Å². The first-order valence-corrected chi connectivity index (χ1v) is 7.52. The van der Waals surface area contributed by atoms with Crippen molar-refractivity contribution in [2.45, 2.75) is 32.2 Å². The van der Waals surface area contributed by atoms with Gasteiger partial charge in [0.1, 0.15) is 0 Å². The molecular formula is C18H22N2O3. The predicted octanol–water partition coefficient (Wildman–Crippen LogP) is 3.18. The van der Waals surface area contributed by atoms with E-state index in [0.29, 0.717) is 0 Å². The van der Waals surface area contributed by atoms with Crippen molar-refractivity contribution in [3.63, 3.8) is 0 Å². The van der Waals surface area contributed by atoms with Crippen LogP contribution in [0.3, 0.4) is 0 Å². The molecule has 23 heavy (non-hydrogen) atoms. The minimum atomic E-state index is -0.235. The molecule has 0 radical (unpaired) electrons. The molecule has 5 nitrogen and oxygen atoms in total. The Hall–Kier alpha value is -2.40. The third-order valence-corrected chi connectivity index (χ3v) is 4.08. The second kappa shape index (κ2) is 7.74. The number of carbonyl (C=O) groups is 1. The molecule has 0 aromatic heterocycles. The number of hydroxylamine groups is 1. The average molecular weight is 314 g/mol. The van der Waals surface area contributed by atoms with Crippen LogP contribution in [0.5, 0.6) is 0 Å². The summed E-state index contributed by atoms with van der Waals surface area (Å²) in [5, 5.41) is 5.58. The Bertz CT molecular complexity index is 700. The molecule has 0 aliphatic carbocycles. The Kier molecular flexibility index (Phi) is 5.71. The van der Waals surface area contributed by atoms with E-state index in [1.54, 1.807) is 0 Å². The van der Waals surface area contributed by atoms with E-state index < -0.39 is 0 Å². The van der Waals surface area contributed by atoms with E-state index in [9.17, 15) is 4.79 Å². The van der Waals surface area contributed by atoms with Crippen molar-refractivity contribution in [1.29, 1.82) is 0 Å². The molecule has 0 heterocycles. The summed E-state index contributed by atoms with van der Waals surface area (Å²) >= 11 is 0. The van der Waals surface area contributed by atoms with Gasteiger partial charge in [-0.25, -0.2) is 0 Å². The number of methoxy groups -OCH3 is 1. The number of ether oxygens (including phenoxy) is 1. The summed E-state index contributed by atoms with van der Waals surface area (Å²) in [5.41, 5.74) is 4.96. The smallest absolute Gasteiger partial charge is 0.309 e. The van der Waals surface area contributed by atoms with Gasteiger partial charge >= 0.3 is 5.97 Å². The van der Waals surface area contributed by atoms with Gasteiger partial charge in [-0.05, 0) is 34.7 Å². The highest BCUT2D eigenvalue weighted by Gasteiger charge is 2.15. The van der Waals surface area contributed by atoms with Gasteiger partial charge in [0.2, 0.25) is 0 Å². The van der Waals surface area contributed by atoms with Gasteiger partial charge in [0.05, 0.1) is 13.5 Å². The van der Waals surface area contributed by atoms with Gasteiger partial charge in [0.25, 0.3) is 0 Å². The van der Waals surface area contributed by atoms with Gasteiger partial charge in [-0.1, -0.05) is 48.5 Å². The topological polar surface area (TPSA) is 59.9 Å². The summed E-state index contributed by atoms with van der Waals surface area (Å²) in [7, 11) is 1.40. The van der Waals surface area contributed by atoms with Crippen LogP contribution in [0, 0.1) is 0 Å². The Morgan fingerprint density at radius 2 is 1.96 bits per heavy atom. The molecular weight excluding hydrogens is 292 g/mol. The van der Waals surface area contributed by atoms with Crippen LogP contribution in [0.1, 0.15) is 30.9 Å². The number of benzene rings is 2. The van der Waals surface area contributed by atoms with Crippen LogP contribution in [0.2, 0.25) is 0 Å². The number of rotatable bonds is 7. The molecule has 0 saturated carbocycles. The lowest BCUT2D eigenvalue weighted by Crippen LogP contribution is -2.29. The molecule has 2 aromatic rings. The monoisotopic (exact) mass is 314 g/mol. The van der Waals surface area contributed by atoms with Crippen molar-refractivity contribution >= 4 is 23.5 Å². The number of hydrogen-bond acceptors (Lipinski definition) is 5. The fourth-order valence-electron chi connectivity index (χ4n) is 2.46. The summed E-state index contributed by atoms with van der Waals surface area (Å²) in [6.07, 6.45) is 0.281. The van der Waals surface area contributed by atoms with Crippen LogP contribution >= 0.6 is 0 Å². The maximum Gasteiger partial charge on any atom is 0.309 e. The summed E-state index contributed by atoms with van der Waals surface area (Å²) in [6.45, 7) is 7.41. The highest BCUT2D eigenvalue weighted by Crippen LogP contribution is 2.25. The van der Waals surface area contributed by atoms with Crippen LogP contribution in [0.4, 0.5) is 0 Å². The summed E-state index contributed by atoms with van der Waals surface area (Å²) in [6, 6.07) is 12.4. The lowest BCUT2D eigenvalue weighted by molar-refractivity contribution is -0.139. The number of esters is 1. The molecule has 122 valence electrons. The third kappa shape index (κ3) is 4.29. The molecule has 2 aromatic carbocycles. The van der Waals surface area contributed by atoms with Gasteiger partial charge < -0.3 is 9.68 Å². The Morgan fingerprint density at radius 3 is 2.65 bits per heavy atom. The van der Waals surface area contributed by atoms with E-state index in [0.717, 1.165) is 16.3 Å². The summed E-state index contributed by atoms with van der Waals surface area (Å²) < 4.78 is 4.72.